The zero-order valence-electron chi connectivity index (χ0n) is 17.0. The minimum Gasteiger partial charge on any atom is -0.493 e. The van der Waals surface area contributed by atoms with Gasteiger partial charge in [0, 0.05) is 10.9 Å². The zero-order chi connectivity index (χ0) is 20.7. The topological polar surface area (TPSA) is 53.2 Å². The maximum atomic E-state index is 6.04. The van der Waals surface area contributed by atoms with Gasteiger partial charge in [-0.2, -0.15) is 0 Å². The number of thiophene rings is 1. The number of nitrogens with zero attached hydrogens (tertiary/aromatic N) is 1. The Morgan fingerprint density at radius 1 is 1.00 bits per heavy atom. The predicted octanol–water partition coefficient (Wildman–Crippen LogP) is 6.14. The number of aryl methyl sites for hydroxylation is 2. The molecule has 1 aliphatic rings. The van der Waals surface area contributed by atoms with Gasteiger partial charge in [-0.25, -0.2) is 4.99 Å². The van der Waals surface area contributed by atoms with Crippen LogP contribution in [0.25, 0.3) is 21.2 Å². The van der Waals surface area contributed by atoms with E-state index in [0.717, 1.165) is 55.3 Å². The van der Waals surface area contributed by atoms with Crippen LogP contribution in [0.15, 0.2) is 57.3 Å². The van der Waals surface area contributed by atoms with E-state index in [1.165, 1.54) is 0 Å². The lowest BCUT2D eigenvalue weighted by Gasteiger charge is -2.03. The Morgan fingerprint density at radius 2 is 1.83 bits per heavy atom. The summed E-state index contributed by atoms with van der Waals surface area (Å²) in [7, 11) is 0. The molecule has 0 radical (unpaired) electrons. The second kappa shape index (κ2) is 7.54. The van der Waals surface area contributed by atoms with E-state index in [2.05, 4.69) is 23.6 Å². The molecule has 0 fully saturated rings. The van der Waals surface area contributed by atoms with Crippen LogP contribution in [0.3, 0.4) is 0 Å². The fourth-order valence-electron chi connectivity index (χ4n) is 3.80. The highest BCUT2D eigenvalue weighted by atomic mass is 32.1. The van der Waals surface area contributed by atoms with Crippen molar-refractivity contribution in [3.63, 3.8) is 0 Å². The molecule has 0 N–H and O–H groups in total. The van der Waals surface area contributed by atoms with Gasteiger partial charge in [-0.15, -0.1) is 11.3 Å². The fourth-order valence-corrected chi connectivity index (χ4v) is 4.51. The average molecular weight is 420 g/mol. The minimum absolute atomic E-state index is 0.240. The molecule has 0 saturated heterocycles. The normalized spacial score (nSPS) is 13.2. The Kier molecular flexibility index (Phi) is 4.71. The Balaban J connectivity index is 1.85. The summed E-state index contributed by atoms with van der Waals surface area (Å²) in [6, 6.07) is 14.1. The summed E-state index contributed by atoms with van der Waals surface area (Å²) in [4.78, 5) is 6.14. The van der Waals surface area contributed by atoms with E-state index in [0.29, 0.717) is 12.4 Å². The van der Waals surface area contributed by atoms with Crippen LogP contribution in [0.1, 0.15) is 18.4 Å². The summed E-state index contributed by atoms with van der Waals surface area (Å²) in [6.07, 6.45) is 0. The second-order valence-corrected chi connectivity index (χ2v) is 7.97. The molecule has 3 heterocycles. The molecule has 0 saturated carbocycles. The molecule has 0 bridgehead atoms. The summed E-state index contributed by atoms with van der Waals surface area (Å²) < 4.78 is 23.0. The highest BCUT2D eigenvalue weighted by Gasteiger charge is 2.17. The molecule has 0 amide bonds. The van der Waals surface area contributed by atoms with Gasteiger partial charge in [-0.1, -0.05) is 6.07 Å². The van der Waals surface area contributed by atoms with Crippen LogP contribution in [0.4, 0.5) is 5.69 Å². The molecule has 0 spiro atoms. The van der Waals surface area contributed by atoms with Crippen molar-refractivity contribution in [1.29, 1.82) is 0 Å². The number of hydrogen-bond acceptors (Lipinski definition) is 6. The Hall–Kier alpha value is -3.25. The van der Waals surface area contributed by atoms with Gasteiger partial charge in [0.05, 0.1) is 28.4 Å². The number of rotatable bonds is 4. The molecule has 2 aromatic heterocycles. The predicted molar refractivity (Wildman–Crippen MR) is 118 cm³/mol. The van der Waals surface area contributed by atoms with Crippen LogP contribution in [0.2, 0.25) is 0 Å². The van der Waals surface area contributed by atoms with E-state index in [-0.39, 0.29) is 6.79 Å². The third kappa shape index (κ3) is 3.23. The van der Waals surface area contributed by atoms with Crippen LogP contribution in [-0.2, 0) is 0 Å². The highest BCUT2D eigenvalue weighted by Crippen LogP contribution is 2.37. The van der Waals surface area contributed by atoms with Gasteiger partial charge in [-0.05, 0) is 62.0 Å². The Morgan fingerprint density at radius 3 is 2.63 bits per heavy atom. The van der Waals surface area contributed by atoms with Gasteiger partial charge in [0.1, 0.15) is 17.3 Å². The maximum absolute atomic E-state index is 6.04. The molecular weight excluding hydrogens is 398 g/mol. The number of ether oxygens (including phenoxy) is 3. The first-order valence-corrected chi connectivity index (χ1v) is 10.7. The van der Waals surface area contributed by atoms with Crippen LogP contribution in [0.5, 0.6) is 17.2 Å². The number of furan rings is 1. The zero-order valence-corrected chi connectivity index (χ0v) is 17.8. The molecule has 5 rings (SSSR count). The largest absolute Gasteiger partial charge is 0.493 e. The lowest BCUT2D eigenvalue weighted by molar-refractivity contribution is 0.174. The number of fused-ring (bicyclic) bond motifs is 2. The van der Waals surface area contributed by atoms with E-state index < -0.39 is 0 Å². The van der Waals surface area contributed by atoms with Gasteiger partial charge >= 0.3 is 0 Å². The van der Waals surface area contributed by atoms with Gasteiger partial charge in [0.25, 0.3) is 0 Å². The Bertz CT molecular complexity index is 1310. The van der Waals surface area contributed by atoms with Crippen LogP contribution < -0.4 is 19.6 Å². The van der Waals surface area contributed by atoms with Gasteiger partial charge in [0.2, 0.25) is 6.79 Å². The fraction of sp³-hybridized carbons (Fsp3) is 0.208. The minimum atomic E-state index is 0.240. The summed E-state index contributed by atoms with van der Waals surface area (Å²) in [5.41, 5.74) is 1.85. The quantitative estimate of drug-likeness (QED) is 0.399. The Labute approximate surface area is 178 Å². The summed E-state index contributed by atoms with van der Waals surface area (Å²) in [5.74, 6) is 3.89. The van der Waals surface area contributed by atoms with Crippen molar-refractivity contribution in [2.75, 3.05) is 13.4 Å². The molecule has 1 aliphatic heterocycles. The lowest BCUT2D eigenvalue weighted by Crippen LogP contribution is -2.00. The molecule has 0 aliphatic carbocycles. The first kappa shape index (κ1) is 18.8. The third-order valence-corrected chi connectivity index (χ3v) is 5.97. The molecule has 30 heavy (non-hydrogen) atoms. The second-order valence-electron chi connectivity index (χ2n) is 7.02. The van der Waals surface area contributed by atoms with Crippen molar-refractivity contribution in [2.45, 2.75) is 20.8 Å². The van der Waals surface area contributed by atoms with Crippen LogP contribution in [-0.4, -0.2) is 13.4 Å². The van der Waals surface area contributed by atoms with Crippen LogP contribution >= 0.6 is 11.3 Å². The van der Waals surface area contributed by atoms with Crippen molar-refractivity contribution >= 4 is 27.8 Å². The van der Waals surface area contributed by atoms with Crippen molar-refractivity contribution in [2.24, 2.45) is 4.99 Å². The van der Waals surface area contributed by atoms with Gasteiger partial charge in [0.15, 0.2) is 11.5 Å². The molecule has 0 unspecified atom stereocenters. The third-order valence-electron chi connectivity index (χ3n) is 5.05. The monoisotopic (exact) mass is 419 g/mol. The van der Waals surface area contributed by atoms with E-state index >= 15 is 0 Å². The highest BCUT2D eigenvalue weighted by molar-refractivity contribution is 7.13. The van der Waals surface area contributed by atoms with Crippen molar-refractivity contribution in [3.05, 3.63) is 64.7 Å². The van der Waals surface area contributed by atoms with Gasteiger partial charge < -0.3 is 18.6 Å². The van der Waals surface area contributed by atoms with E-state index in [1.54, 1.807) is 11.3 Å². The summed E-state index contributed by atoms with van der Waals surface area (Å²) >= 11 is 1.69. The molecule has 152 valence electrons. The number of hydrogen-bond donors (Lipinski definition) is 0. The van der Waals surface area contributed by atoms with Crippen molar-refractivity contribution in [3.8, 4) is 27.7 Å². The summed E-state index contributed by atoms with van der Waals surface area (Å²) in [5, 5.41) is 4.81. The van der Waals surface area contributed by atoms with Gasteiger partial charge in [-0.3, -0.25) is 0 Å². The maximum Gasteiger partial charge on any atom is 0.231 e. The average Bonchev–Trinajstić information content (AvgIpc) is 3.44. The first-order valence-electron chi connectivity index (χ1n) is 9.83. The van der Waals surface area contributed by atoms with E-state index in [1.807, 2.05) is 45.0 Å². The van der Waals surface area contributed by atoms with E-state index in [4.69, 9.17) is 23.6 Å². The standard InChI is InChI=1S/C24H21NO4S/c1-4-26-21-11-16(22-6-5-9-30-22)10-18(23-14(2)29-15(3)24(21)23)25-17-7-8-19-20(12-17)28-13-27-19/h5-12H,4,13H2,1-3H3. The molecule has 2 aromatic carbocycles. The molecule has 5 nitrogen and oxygen atoms in total. The van der Waals surface area contributed by atoms with Crippen molar-refractivity contribution < 1.29 is 18.6 Å². The molecular formula is C24H21NO4S. The van der Waals surface area contributed by atoms with E-state index in [9.17, 15) is 0 Å². The van der Waals surface area contributed by atoms with Crippen molar-refractivity contribution in [1.82, 2.24) is 0 Å². The summed E-state index contributed by atoms with van der Waals surface area (Å²) in [6.45, 7) is 6.73. The molecule has 6 heteroatoms. The lowest BCUT2D eigenvalue weighted by atomic mass is 10.2. The molecule has 4 aromatic rings. The smallest absolute Gasteiger partial charge is 0.231 e. The number of benzene rings is 1. The first-order chi connectivity index (χ1) is 14.6. The SMILES string of the molecule is CCOc1cc(-c2cccs2)cc(=Nc2ccc3c(c2)OCO3)c2c(C)oc(C)c12. The van der Waals surface area contributed by atoms with Crippen LogP contribution in [0, 0.1) is 13.8 Å². The molecule has 0 atom stereocenters.